The van der Waals surface area contributed by atoms with Crippen molar-refractivity contribution in [2.45, 2.75) is 26.8 Å². The molecule has 2 heterocycles. The highest BCUT2D eigenvalue weighted by Gasteiger charge is 2.18. The molecule has 3 rings (SSSR count). The summed E-state index contributed by atoms with van der Waals surface area (Å²) in [6, 6.07) is 10.0. The highest BCUT2D eigenvalue weighted by molar-refractivity contribution is 6.06. The molecule has 25 heavy (non-hydrogen) atoms. The van der Waals surface area contributed by atoms with Gasteiger partial charge in [0.05, 0.1) is 22.8 Å². The van der Waals surface area contributed by atoms with Crippen LogP contribution >= 0.6 is 0 Å². The van der Waals surface area contributed by atoms with Crippen LogP contribution in [0.15, 0.2) is 36.5 Å². The standard InChI is InChI=1S/C19H23N5O/c1-12(2)24-18-16(11-22-24)15(19(25)21-9-8-20)10-17(23-18)14-7-5-4-6-13(14)3/h4-7,10-12H,8-9,20H2,1-3H3,(H,21,25). The van der Waals surface area contributed by atoms with E-state index in [9.17, 15) is 4.79 Å². The van der Waals surface area contributed by atoms with Crippen molar-refractivity contribution in [1.82, 2.24) is 20.1 Å². The Bertz CT molecular complexity index is 913. The second kappa shape index (κ2) is 7.03. The van der Waals surface area contributed by atoms with Gasteiger partial charge in [-0.15, -0.1) is 0 Å². The van der Waals surface area contributed by atoms with Crippen LogP contribution in [0.2, 0.25) is 0 Å². The molecule has 3 N–H and O–H groups in total. The molecule has 130 valence electrons. The first-order chi connectivity index (χ1) is 12.0. The van der Waals surface area contributed by atoms with Crippen molar-refractivity contribution in [3.05, 3.63) is 47.7 Å². The number of hydrogen-bond donors (Lipinski definition) is 2. The van der Waals surface area contributed by atoms with Crippen LogP contribution in [0.1, 0.15) is 35.8 Å². The summed E-state index contributed by atoms with van der Waals surface area (Å²) in [5.74, 6) is -0.156. The maximum Gasteiger partial charge on any atom is 0.252 e. The van der Waals surface area contributed by atoms with Gasteiger partial charge in [-0.2, -0.15) is 5.10 Å². The Balaban J connectivity index is 2.23. The molecule has 0 atom stereocenters. The van der Waals surface area contributed by atoms with Gasteiger partial charge in [-0.1, -0.05) is 24.3 Å². The molecule has 1 amide bonds. The number of benzene rings is 1. The molecule has 6 nitrogen and oxygen atoms in total. The van der Waals surface area contributed by atoms with Gasteiger partial charge < -0.3 is 11.1 Å². The number of nitrogens with two attached hydrogens (primary N) is 1. The van der Waals surface area contributed by atoms with Crippen molar-refractivity contribution >= 4 is 16.9 Å². The molecule has 0 unspecified atom stereocenters. The Morgan fingerprint density at radius 3 is 2.76 bits per heavy atom. The Morgan fingerprint density at radius 1 is 1.32 bits per heavy atom. The lowest BCUT2D eigenvalue weighted by molar-refractivity contribution is 0.0956. The Kier molecular flexibility index (Phi) is 4.81. The van der Waals surface area contributed by atoms with E-state index in [1.165, 1.54) is 0 Å². The van der Waals surface area contributed by atoms with Crippen LogP contribution < -0.4 is 11.1 Å². The minimum Gasteiger partial charge on any atom is -0.351 e. The third-order valence-electron chi connectivity index (χ3n) is 4.15. The fraction of sp³-hybridized carbons (Fsp3) is 0.316. The summed E-state index contributed by atoms with van der Waals surface area (Å²) in [5, 5.41) is 8.02. The number of aromatic nitrogens is 3. The number of hydrogen-bond acceptors (Lipinski definition) is 4. The number of carbonyl (C=O) groups is 1. The second-order valence-electron chi connectivity index (χ2n) is 6.33. The molecule has 2 aromatic heterocycles. The highest BCUT2D eigenvalue weighted by atomic mass is 16.1. The quantitative estimate of drug-likeness (QED) is 0.749. The fourth-order valence-electron chi connectivity index (χ4n) is 2.86. The van der Waals surface area contributed by atoms with Gasteiger partial charge in [0, 0.05) is 24.7 Å². The van der Waals surface area contributed by atoms with Crippen LogP contribution in [-0.4, -0.2) is 33.8 Å². The minimum atomic E-state index is -0.156. The van der Waals surface area contributed by atoms with Gasteiger partial charge in [-0.05, 0) is 32.4 Å². The van der Waals surface area contributed by atoms with E-state index < -0.39 is 0 Å². The molecule has 0 aliphatic carbocycles. The lowest BCUT2D eigenvalue weighted by atomic mass is 10.0. The highest BCUT2D eigenvalue weighted by Crippen LogP contribution is 2.28. The molecule has 0 saturated carbocycles. The summed E-state index contributed by atoms with van der Waals surface area (Å²) in [7, 11) is 0. The van der Waals surface area contributed by atoms with Gasteiger partial charge >= 0.3 is 0 Å². The fourth-order valence-corrected chi connectivity index (χ4v) is 2.86. The van der Waals surface area contributed by atoms with Gasteiger partial charge in [-0.25, -0.2) is 9.67 Å². The van der Waals surface area contributed by atoms with Crippen molar-refractivity contribution in [1.29, 1.82) is 0 Å². The summed E-state index contributed by atoms with van der Waals surface area (Å²) in [6.45, 7) is 6.96. The summed E-state index contributed by atoms with van der Waals surface area (Å²) in [6.07, 6.45) is 1.71. The molecule has 0 aliphatic heterocycles. The molecule has 0 bridgehead atoms. The predicted molar refractivity (Wildman–Crippen MR) is 99.5 cm³/mol. The summed E-state index contributed by atoms with van der Waals surface area (Å²) in [5.41, 5.74) is 9.68. The molecule has 0 fully saturated rings. The summed E-state index contributed by atoms with van der Waals surface area (Å²) >= 11 is 0. The average Bonchev–Trinajstić information content (AvgIpc) is 3.03. The molecule has 0 spiro atoms. The Hall–Kier alpha value is -2.73. The van der Waals surface area contributed by atoms with E-state index in [-0.39, 0.29) is 11.9 Å². The van der Waals surface area contributed by atoms with E-state index in [0.717, 1.165) is 22.2 Å². The van der Waals surface area contributed by atoms with Crippen LogP contribution in [0.3, 0.4) is 0 Å². The molecule has 0 saturated heterocycles. The largest absolute Gasteiger partial charge is 0.351 e. The van der Waals surface area contributed by atoms with Gasteiger partial charge in [0.25, 0.3) is 5.91 Å². The summed E-state index contributed by atoms with van der Waals surface area (Å²) < 4.78 is 1.84. The number of nitrogens with zero attached hydrogens (tertiary/aromatic N) is 3. The Morgan fingerprint density at radius 2 is 2.08 bits per heavy atom. The first kappa shape index (κ1) is 17.1. The number of amides is 1. The first-order valence-corrected chi connectivity index (χ1v) is 8.45. The SMILES string of the molecule is Cc1ccccc1-c1cc(C(=O)NCCN)c2cnn(C(C)C)c2n1. The first-order valence-electron chi connectivity index (χ1n) is 8.45. The van der Waals surface area contributed by atoms with Crippen LogP contribution in [0, 0.1) is 6.92 Å². The zero-order chi connectivity index (χ0) is 18.0. The Labute approximate surface area is 147 Å². The van der Waals surface area contributed by atoms with E-state index >= 15 is 0 Å². The molecular weight excluding hydrogens is 314 g/mol. The van der Waals surface area contributed by atoms with Crippen LogP contribution in [0.25, 0.3) is 22.3 Å². The zero-order valence-electron chi connectivity index (χ0n) is 14.8. The molecule has 0 aliphatic rings. The smallest absolute Gasteiger partial charge is 0.252 e. The van der Waals surface area contributed by atoms with E-state index in [4.69, 9.17) is 10.7 Å². The summed E-state index contributed by atoms with van der Waals surface area (Å²) in [4.78, 5) is 17.4. The number of nitrogens with one attached hydrogen (secondary N) is 1. The normalized spacial score (nSPS) is 11.2. The van der Waals surface area contributed by atoms with Gasteiger partial charge in [-0.3, -0.25) is 4.79 Å². The topological polar surface area (TPSA) is 85.8 Å². The van der Waals surface area contributed by atoms with Crippen molar-refractivity contribution in [2.75, 3.05) is 13.1 Å². The molecular formula is C19H23N5O. The maximum absolute atomic E-state index is 12.6. The van der Waals surface area contributed by atoms with Crippen LogP contribution in [-0.2, 0) is 0 Å². The minimum absolute atomic E-state index is 0.150. The number of carbonyl (C=O) groups excluding carboxylic acids is 1. The third kappa shape index (κ3) is 3.25. The lowest BCUT2D eigenvalue weighted by Gasteiger charge is -2.12. The zero-order valence-corrected chi connectivity index (χ0v) is 14.8. The van der Waals surface area contributed by atoms with E-state index in [1.807, 2.05) is 55.8 Å². The van der Waals surface area contributed by atoms with E-state index in [0.29, 0.717) is 24.3 Å². The number of pyridine rings is 1. The molecule has 1 aromatic carbocycles. The lowest BCUT2D eigenvalue weighted by Crippen LogP contribution is -2.29. The van der Waals surface area contributed by atoms with Gasteiger partial charge in [0.15, 0.2) is 5.65 Å². The van der Waals surface area contributed by atoms with Crippen molar-refractivity contribution < 1.29 is 4.79 Å². The average molecular weight is 337 g/mol. The predicted octanol–water partition coefficient (Wildman–Crippen LogP) is 2.68. The second-order valence-corrected chi connectivity index (χ2v) is 6.33. The number of rotatable bonds is 5. The number of aryl methyl sites for hydroxylation is 1. The van der Waals surface area contributed by atoms with Crippen molar-refractivity contribution in [2.24, 2.45) is 5.73 Å². The maximum atomic E-state index is 12.6. The van der Waals surface area contributed by atoms with Crippen molar-refractivity contribution in [3.63, 3.8) is 0 Å². The third-order valence-corrected chi connectivity index (χ3v) is 4.15. The van der Waals surface area contributed by atoms with Crippen LogP contribution in [0.4, 0.5) is 0 Å². The van der Waals surface area contributed by atoms with Gasteiger partial charge in [0.1, 0.15) is 0 Å². The molecule has 6 heteroatoms. The number of fused-ring (bicyclic) bond motifs is 1. The molecule has 0 radical (unpaired) electrons. The van der Waals surface area contributed by atoms with Crippen molar-refractivity contribution in [3.8, 4) is 11.3 Å². The monoisotopic (exact) mass is 337 g/mol. The van der Waals surface area contributed by atoms with Crippen LogP contribution in [0.5, 0.6) is 0 Å². The van der Waals surface area contributed by atoms with E-state index in [1.54, 1.807) is 6.20 Å². The van der Waals surface area contributed by atoms with E-state index in [2.05, 4.69) is 10.4 Å². The molecule has 3 aromatic rings. The van der Waals surface area contributed by atoms with Gasteiger partial charge in [0.2, 0.25) is 0 Å².